The Bertz CT molecular complexity index is 879. The average molecular weight is 464 g/mol. The highest BCUT2D eigenvalue weighted by Gasteiger charge is 2.12. The van der Waals surface area contributed by atoms with Crippen LogP contribution < -0.4 is 10.1 Å². The quantitative estimate of drug-likeness (QED) is 0.523. The molecule has 0 aliphatic heterocycles. The number of thiazole rings is 1. The van der Waals surface area contributed by atoms with Gasteiger partial charge in [0.15, 0.2) is 0 Å². The Kier molecular flexibility index (Phi) is 6.04. The minimum absolute atomic E-state index is 0.0723. The molecule has 3 rings (SSSR count). The molecular formula is C19H17IN2O2S. The fourth-order valence-electron chi connectivity index (χ4n) is 2.37. The van der Waals surface area contributed by atoms with Gasteiger partial charge in [0.1, 0.15) is 10.8 Å². The van der Waals surface area contributed by atoms with Gasteiger partial charge in [-0.25, -0.2) is 4.98 Å². The number of rotatable bonds is 6. The summed E-state index contributed by atoms with van der Waals surface area (Å²) in [6.07, 6.45) is 0.249. The van der Waals surface area contributed by atoms with Crippen LogP contribution in [0.25, 0.3) is 10.6 Å². The van der Waals surface area contributed by atoms with Gasteiger partial charge in [-0.15, -0.1) is 11.3 Å². The molecule has 25 heavy (non-hydrogen) atoms. The molecule has 0 aliphatic rings. The molecule has 6 heteroatoms. The third-order valence-corrected chi connectivity index (χ3v) is 5.01. The number of carbonyl (C=O) groups is 1. The van der Waals surface area contributed by atoms with Gasteiger partial charge < -0.3 is 10.1 Å². The van der Waals surface area contributed by atoms with E-state index in [9.17, 15) is 4.79 Å². The number of carbonyl (C=O) groups excluding carboxylic acids is 1. The van der Waals surface area contributed by atoms with E-state index in [1.807, 2.05) is 60.8 Å². The second-order valence-electron chi connectivity index (χ2n) is 5.31. The molecule has 2 aromatic carbocycles. The number of benzene rings is 2. The second-order valence-corrected chi connectivity index (χ2v) is 7.41. The lowest BCUT2D eigenvalue weighted by Crippen LogP contribution is -2.14. The maximum absolute atomic E-state index is 12.2. The van der Waals surface area contributed by atoms with Crippen LogP contribution in [0.5, 0.6) is 5.75 Å². The van der Waals surface area contributed by atoms with Crippen LogP contribution in [0.1, 0.15) is 12.6 Å². The summed E-state index contributed by atoms with van der Waals surface area (Å²) in [6, 6.07) is 15.5. The first-order valence-corrected chi connectivity index (χ1v) is 9.83. The maximum atomic E-state index is 12.2. The predicted octanol–water partition coefficient (Wildman–Crippen LogP) is 4.99. The van der Waals surface area contributed by atoms with Crippen LogP contribution in [0.3, 0.4) is 0 Å². The third-order valence-electron chi connectivity index (χ3n) is 3.42. The SMILES string of the molecule is CCOc1ccccc1-c1nc(CC(=O)Nc2cccc(I)c2)cs1. The summed E-state index contributed by atoms with van der Waals surface area (Å²) in [5.74, 6) is 0.742. The molecule has 0 spiro atoms. The molecule has 0 saturated heterocycles. The number of halogens is 1. The molecule has 1 N–H and O–H groups in total. The van der Waals surface area contributed by atoms with Gasteiger partial charge in [0, 0.05) is 14.6 Å². The molecule has 1 amide bonds. The zero-order valence-corrected chi connectivity index (χ0v) is 16.6. The van der Waals surface area contributed by atoms with Gasteiger partial charge in [0.2, 0.25) is 5.91 Å². The Balaban J connectivity index is 1.70. The Morgan fingerprint density at radius 1 is 1.24 bits per heavy atom. The molecule has 4 nitrogen and oxygen atoms in total. The monoisotopic (exact) mass is 464 g/mol. The number of anilines is 1. The summed E-state index contributed by atoms with van der Waals surface area (Å²) in [5.41, 5.74) is 2.52. The van der Waals surface area contributed by atoms with Gasteiger partial charge >= 0.3 is 0 Å². The van der Waals surface area contributed by atoms with Crippen LogP contribution >= 0.6 is 33.9 Å². The summed E-state index contributed by atoms with van der Waals surface area (Å²) < 4.78 is 6.74. The molecular weight excluding hydrogens is 447 g/mol. The summed E-state index contributed by atoms with van der Waals surface area (Å²) >= 11 is 3.74. The number of hydrogen-bond donors (Lipinski definition) is 1. The molecule has 0 atom stereocenters. The lowest BCUT2D eigenvalue weighted by molar-refractivity contribution is -0.115. The smallest absolute Gasteiger partial charge is 0.230 e. The van der Waals surface area contributed by atoms with E-state index in [1.165, 1.54) is 11.3 Å². The summed E-state index contributed by atoms with van der Waals surface area (Å²) in [6.45, 7) is 2.56. The molecule has 0 aliphatic carbocycles. The fraction of sp³-hybridized carbons (Fsp3) is 0.158. The first-order valence-electron chi connectivity index (χ1n) is 7.87. The largest absolute Gasteiger partial charge is 0.493 e. The van der Waals surface area contributed by atoms with Crippen LogP contribution in [0.2, 0.25) is 0 Å². The number of para-hydroxylation sites is 1. The molecule has 1 aromatic heterocycles. The van der Waals surface area contributed by atoms with Crippen molar-refractivity contribution in [2.45, 2.75) is 13.3 Å². The van der Waals surface area contributed by atoms with E-state index in [0.717, 1.165) is 31.3 Å². The van der Waals surface area contributed by atoms with E-state index in [0.29, 0.717) is 6.61 Å². The highest BCUT2D eigenvalue weighted by Crippen LogP contribution is 2.32. The first-order chi connectivity index (χ1) is 12.2. The molecule has 0 fully saturated rings. The number of amides is 1. The van der Waals surface area contributed by atoms with Crippen LogP contribution in [0.15, 0.2) is 53.9 Å². The van der Waals surface area contributed by atoms with Crippen molar-refractivity contribution in [1.29, 1.82) is 0 Å². The van der Waals surface area contributed by atoms with Gasteiger partial charge in [0.05, 0.1) is 24.3 Å². The Morgan fingerprint density at radius 2 is 2.08 bits per heavy atom. The lowest BCUT2D eigenvalue weighted by Gasteiger charge is -2.07. The first kappa shape index (κ1) is 17.9. The molecule has 0 radical (unpaired) electrons. The van der Waals surface area contributed by atoms with Gasteiger partial charge in [-0.2, -0.15) is 0 Å². The van der Waals surface area contributed by atoms with Crippen molar-refractivity contribution in [2.24, 2.45) is 0 Å². The Hall–Kier alpha value is -1.93. The van der Waals surface area contributed by atoms with Crippen molar-refractivity contribution in [3.8, 4) is 16.3 Å². The van der Waals surface area contributed by atoms with E-state index in [2.05, 4.69) is 32.9 Å². The summed E-state index contributed by atoms with van der Waals surface area (Å²) in [7, 11) is 0. The molecule has 128 valence electrons. The lowest BCUT2D eigenvalue weighted by atomic mass is 10.2. The zero-order chi connectivity index (χ0) is 17.6. The van der Waals surface area contributed by atoms with Crippen molar-refractivity contribution in [3.05, 3.63) is 63.2 Å². The summed E-state index contributed by atoms with van der Waals surface area (Å²) in [4.78, 5) is 16.8. The number of nitrogens with one attached hydrogen (secondary N) is 1. The minimum Gasteiger partial charge on any atom is -0.493 e. The minimum atomic E-state index is -0.0723. The van der Waals surface area contributed by atoms with E-state index >= 15 is 0 Å². The van der Waals surface area contributed by atoms with Gasteiger partial charge in [-0.05, 0) is 59.8 Å². The Labute approximate surface area is 164 Å². The zero-order valence-electron chi connectivity index (χ0n) is 13.7. The maximum Gasteiger partial charge on any atom is 0.230 e. The van der Waals surface area contributed by atoms with E-state index in [4.69, 9.17) is 4.74 Å². The van der Waals surface area contributed by atoms with Crippen molar-refractivity contribution >= 4 is 45.5 Å². The molecule has 0 unspecified atom stereocenters. The van der Waals surface area contributed by atoms with Crippen LogP contribution in [0, 0.1) is 3.57 Å². The van der Waals surface area contributed by atoms with Crippen LogP contribution in [-0.4, -0.2) is 17.5 Å². The highest BCUT2D eigenvalue weighted by atomic mass is 127. The Morgan fingerprint density at radius 3 is 2.88 bits per heavy atom. The highest BCUT2D eigenvalue weighted by molar-refractivity contribution is 14.1. The van der Waals surface area contributed by atoms with Crippen molar-refractivity contribution in [3.63, 3.8) is 0 Å². The van der Waals surface area contributed by atoms with Crippen LogP contribution in [0.4, 0.5) is 5.69 Å². The number of hydrogen-bond acceptors (Lipinski definition) is 4. The normalized spacial score (nSPS) is 10.5. The van der Waals surface area contributed by atoms with Crippen molar-refractivity contribution in [2.75, 3.05) is 11.9 Å². The number of aromatic nitrogens is 1. The summed E-state index contributed by atoms with van der Waals surface area (Å²) in [5, 5.41) is 5.69. The van der Waals surface area contributed by atoms with Crippen molar-refractivity contribution in [1.82, 2.24) is 4.98 Å². The van der Waals surface area contributed by atoms with E-state index in [-0.39, 0.29) is 12.3 Å². The molecule has 0 saturated carbocycles. The van der Waals surface area contributed by atoms with Gasteiger partial charge in [-0.3, -0.25) is 4.79 Å². The number of nitrogens with zero attached hydrogens (tertiary/aromatic N) is 1. The van der Waals surface area contributed by atoms with Gasteiger partial charge in [0.25, 0.3) is 0 Å². The fourth-order valence-corrected chi connectivity index (χ4v) is 3.76. The van der Waals surface area contributed by atoms with E-state index in [1.54, 1.807) is 0 Å². The van der Waals surface area contributed by atoms with E-state index < -0.39 is 0 Å². The van der Waals surface area contributed by atoms with Crippen LogP contribution in [-0.2, 0) is 11.2 Å². The second kappa shape index (κ2) is 8.44. The average Bonchev–Trinajstić information content (AvgIpc) is 3.04. The van der Waals surface area contributed by atoms with Crippen molar-refractivity contribution < 1.29 is 9.53 Å². The third kappa shape index (κ3) is 4.79. The topological polar surface area (TPSA) is 51.2 Å². The van der Waals surface area contributed by atoms with Gasteiger partial charge in [-0.1, -0.05) is 18.2 Å². The molecule has 0 bridgehead atoms. The number of ether oxygens (including phenoxy) is 1. The molecule has 3 aromatic rings. The standard InChI is InChI=1S/C19H17IN2O2S/c1-2-24-17-9-4-3-8-16(17)19-22-15(12-25-19)11-18(23)21-14-7-5-6-13(20)10-14/h3-10,12H,2,11H2,1H3,(H,21,23). The molecule has 1 heterocycles. The predicted molar refractivity (Wildman–Crippen MR) is 110 cm³/mol.